The van der Waals surface area contributed by atoms with Crippen LogP contribution in [0.1, 0.15) is 51.2 Å². The molecule has 1 N–H and O–H groups in total. The van der Waals surface area contributed by atoms with E-state index in [2.05, 4.69) is 20.8 Å². The summed E-state index contributed by atoms with van der Waals surface area (Å²) < 4.78 is 4.94. The molecule has 2 atom stereocenters. The number of carbonyl (C=O) groups is 2. The third-order valence-corrected chi connectivity index (χ3v) is 4.16. The van der Waals surface area contributed by atoms with Gasteiger partial charge in [-0.3, -0.25) is 9.59 Å². The van der Waals surface area contributed by atoms with Crippen molar-refractivity contribution < 1.29 is 19.4 Å². The van der Waals surface area contributed by atoms with Crippen LogP contribution in [0.2, 0.25) is 0 Å². The summed E-state index contributed by atoms with van der Waals surface area (Å²) in [6, 6.07) is 7.86. The Hall–Kier alpha value is -1.84. The van der Waals surface area contributed by atoms with Gasteiger partial charge in [0.2, 0.25) is 0 Å². The zero-order valence-corrected chi connectivity index (χ0v) is 13.0. The predicted molar refractivity (Wildman–Crippen MR) is 79.2 cm³/mol. The molecule has 1 aromatic carbocycles. The van der Waals surface area contributed by atoms with Crippen LogP contribution >= 0.6 is 0 Å². The van der Waals surface area contributed by atoms with E-state index in [1.807, 2.05) is 24.3 Å². The van der Waals surface area contributed by atoms with Crippen molar-refractivity contribution in [3.8, 4) is 0 Å². The quantitative estimate of drug-likeness (QED) is 0.683. The second-order valence-electron chi connectivity index (χ2n) is 6.63. The van der Waals surface area contributed by atoms with Crippen LogP contribution < -0.4 is 0 Å². The minimum Gasteiger partial charge on any atom is -0.480 e. The summed E-state index contributed by atoms with van der Waals surface area (Å²) in [7, 11) is 0. The molecule has 114 valence electrons. The number of esters is 1. The molecule has 0 saturated heterocycles. The molecule has 1 aliphatic rings. The van der Waals surface area contributed by atoms with E-state index in [0.717, 1.165) is 5.56 Å². The SMILES string of the molecule is CCOC(=O)C1(C(=O)O)CC1c1ccc(C(C)(C)C)cc1. The van der Waals surface area contributed by atoms with Gasteiger partial charge in [-0.25, -0.2) is 0 Å². The Morgan fingerprint density at radius 3 is 2.29 bits per heavy atom. The first kappa shape index (κ1) is 15.5. The van der Waals surface area contributed by atoms with Gasteiger partial charge in [0.05, 0.1) is 6.61 Å². The molecular weight excluding hydrogens is 268 g/mol. The molecule has 0 bridgehead atoms. The number of hydrogen-bond donors (Lipinski definition) is 1. The average molecular weight is 290 g/mol. The first-order valence-corrected chi connectivity index (χ1v) is 7.24. The lowest BCUT2D eigenvalue weighted by Crippen LogP contribution is -2.29. The Balaban J connectivity index is 2.24. The Morgan fingerprint density at radius 1 is 1.29 bits per heavy atom. The highest BCUT2D eigenvalue weighted by Gasteiger charge is 2.68. The summed E-state index contributed by atoms with van der Waals surface area (Å²) in [6.45, 7) is 8.25. The second kappa shape index (κ2) is 5.17. The van der Waals surface area contributed by atoms with Crippen LogP contribution in [0.4, 0.5) is 0 Å². The van der Waals surface area contributed by atoms with E-state index in [4.69, 9.17) is 4.74 Å². The average Bonchev–Trinajstić information content (AvgIpc) is 3.15. The minimum atomic E-state index is -1.39. The molecule has 21 heavy (non-hydrogen) atoms. The molecule has 0 heterocycles. The maximum absolute atomic E-state index is 12.0. The van der Waals surface area contributed by atoms with Crippen LogP contribution in [-0.4, -0.2) is 23.7 Å². The van der Waals surface area contributed by atoms with Crippen LogP contribution in [-0.2, 0) is 19.7 Å². The van der Waals surface area contributed by atoms with Gasteiger partial charge in [-0.05, 0) is 29.9 Å². The zero-order chi connectivity index (χ0) is 15.8. The van der Waals surface area contributed by atoms with Gasteiger partial charge in [-0.1, -0.05) is 45.0 Å². The lowest BCUT2D eigenvalue weighted by molar-refractivity contribution is -0.161. The van der Waals surface area contributed by atoms with Crippen molar-refractivity contribution in [1.29, 1.82) is 0 Å². The normalized spacial score (nSPS) is 24.5. The van der Waals surface area contributed by atoms with Gasteiger partial charge in [-0.15, -0.1) is 0 Å². The fourth-order valence-corrected chi connectivity index (χ4v) is 2.69. The second-order valence-corrected chi connectivity index (χ2v) is 6.63. The van der Waals surface area contributed by atoms with Gasteiger partial charge in [0.1, 0.15) is 0 Å². The molecule has 0 aliphatic heterocycles. The van der Waals surface area contributed by atoms with Crippen molar-refractivity contribution in [3.63, 3.8) is 0 Å². The van der Waals surface area contributed by atoms with E-state index >= 15 is 0 Å². The van der Waals surface area contributed by atoms with Gasteiger partial charge in [-0.2, -0.15) is 0 Å². The van der Waals surface area contributed by atoms with Crippen LogP contribution in [0, 0.1) is 5.41 Å². The number of rotatable bonds is 4. The first-order chi connectivity index (χ1) is 9.73. The molecule has 0 aromatic heterocycles. The van der Waals surface area contributed by atoms with E-state index in [0.29, 0.717) is 6.42 Å². The Bertz CT molecular complexity index is 553. The molecule has 1 saturated carbocycles. The smallest absolute Gasteiger partial charge is 0.324 e. The van der Waals surface area contributed by atoms with Crippen LogP contribution in [0.5, 0.6) is 0 Å². The van der Waals surface area contributed by atoms with Crippen molar-refractivity contribution >= 4 is 11.9 Å². The van der Waals surface area contributed by atoms with E-state index in [1.165, 1.54) is 5.56 Å². The molecule has 0 amide bonds. The largest absolute Gasteiger partial charge is 0.480 e. The number of ether oxygens (including phenoxy) is 1. The summed E-state index contributed by atoms with van der Waals surface area (Å²) in [6.07, 6.45) is 0.316. The molecule has 4 nitrogen and oxygen atoms in total. The number of carboxylic acids is 1. The van der Waals surface area contributed by atoms with Gasteiger partial charge in [0, 0.05) is 5.92 Å². The fraction of sp³-hybridized carbons (Fsp3) is 0.529. The van der Waals surface area contributed by atoms with E-state index in [9.17, 15) is 14.7 Å². The lowest BCUT2D eigenvalue weighted by atomic mass is 9.86. The fourth-order valence-electron chi connectivity index (χ4n) is 2.69. The number of hydrogen-bond acceptors (Lipinski definition) is 3. The molecule has 2 rings (SSSR count). The molecule has 1 aromatic rings. The molecule has 0 radical (unpaired) electrons. The third-order valence-electron chi connectivity index (χ3n) is 4.16. The predicted octanol–water partition coefficient (Wildman–Crippen LogP) is 3.11. The molecular formula is C17H22O4. The van der Waals surface area contributed by atoms with Crippen LogP contribution in [0.25, 0.3) is 0 Å². The highest BCUT2D eigenvalue weighted by atomic mass is 16.5. The van der Waals surface area contributed by atoms with Crippen molar-refractivity contribution in [2.45, 2.75) is 45.4 Å². The van der Waals surface area contributed by atoms with Gasteiger partial charge in [0.25, 0.3) is 0 Å². The standard InChI is InChI=1S/C17H22O4/c1-5-21-15(20)17(14(18)19)10-13(17)11-6-8-12(9-7-11)16(2,3)4/h6-9,13H,5,10H2,1-4H3,(H,18,19). The summed E-state index contributed by atoms with van der Waals surface area (Å²) in [5.74, 6) is -2.00. The van der Waals surface area contributed by atoms with Crippen LogP contribution in [0.3, 0.4) is 0 Å². The Morgan fingerprint density at radius 2 is 1.86 bits per heavy atom. The van der Waals surface area contributed by atoms with Crippen molar-refractivity contribution in [1.82, 2.24) is 0 Å². The van der Waals surface area contributed by atoms with E-state index < -0.39 is 17.4 Å². The Kier molecular flexibility index (Phi) is 3.83. The minimum absolute atomic E-state index is 0.0487. The molecule has 1 aliphatic carbocycles. The maximum Gasteiger partial charge on any atom is 0.324 e. The highest BCUT2D eigenvalue weighted by molar-refractivity contribution is 6.04. The topological polar surface area (TPSA) is 63.6 Å². The number of aliphatic carboxylic acids is 1. The molecule has 4 heteroatoms. The van der Waals surface area contributed by atoms with E-state index in [-0.39, 0.29) is 17.9 Å². The van der Waals surface area contributed by atoms with Crippen molar-refractivity contribution in [2.24, 2.45) is 5.41 Å². The summed E-state index contributed by atoms with van der Waals surface area (Å²) in [5, 5.41) is 9.42. The molecule has 0 spiro atoms. The van der Waals surface area contributed by atoms with Gasteiger partial charge >= 0.3 is 11.9 Å². The summed E-state index contributed by atoms with van der Waals surface area (Å²) in [4.78, 5) is 23.5. The Labute approximate surface area is 125 Å². The molecule has 1 fully saturated rings. The first-order valence-electron chi connectivity index (χ1n) is 7.24. The highest BCUT2D eigenvalue weighted by Crippen LogP contribution is 2.60. The summed E-state index contributed by atoms with van der Waals surface area (Å²) >= 11 is 0. The lowest BCUT2D eigenvalue weighted by Gasteiger charge is -2.19. The monoisotopic (exact) mass is 290 g/mol. The van der Waals surface area contributed by atoms with Gasteiger partial charge < -0.3 is 9.84 Å². The summed E-state index contributed by atoms with van der Waals surface area (Å²) in [5.41, 5.74) is 0.731. The third kappa shape index (κ3) is 2.67. The molecule has 2 unspecified atom stereocenters. The van der Waals surface area contributed by atoms with Crippen LogP contribution in [0.15, 0.2) is 24.3 Å². The van der Waals surface area contributed by atoms with Crippen molar-refractivity contribution in [3.05, 3.63) is 35.4 Å². The zero-order valence-electron chi connectivity index (χ0n) is 13.0. The maximum atomic E-state index is 12.0. The van der Waals surface area contributed by atoms with E-state index in [1.54, 1.807) is 6.92 Å². The van der Waals surface area contributed by atoms with Gasteiger partial charge in [0.15, 0.2) is 5.41 Å². The number of carbonyl (C=O) groups excluding carboxylic acids is 1. The number of benzene rings is 1. The van der Waals surface area contributed by atoms with Crippen molar-refractivity contribution in [2.75, 3.05) is 6.61 Å². The number of carboxylic acid groups (broad SMARTS) is 1.